The number of nitrogens with zero attached hydrogens (tertiary/aromatic N) is 1. The van der Waals surface area contributed by atoms with Crippen molar-refractivity contribution in [3.05, 3.63) is 92.4 Å². The molecule has 31 heavy (non-hydrogen) atoms. The van der Waals surface area contributed by atoms with Gasteiger partial charge in [-0.05, 0) is 47.5 Å². The van der Waals surface area contributed by atoms with E-state index in [9.17, 15) is 4.79 Å². The molecule has 0 bridgehead atoms. The van der Waals surface area contributed by atoms with Crippen LogP contribution >= 0.6 is 31.9 Å². The first-order valence-corrected chi connectivity index (χ1v) is 10.8. The van der Waals surface area contributed by atoms with E-state index in [0.717, 1.165) is 20.1 Å². The molecule has 0 aliphatic heterocycles. The molecule has 1 N–H and O–H groups in total. The van der Waals surface area contributed by atoms with Gasteiger partial charge in [0.2, 0.25) is 6.61 Å². The van der Waals surface area contributed by atoms with Crippen LogP contribution in [0.4, 0.5) is 0 Å². The van der Waals surface area contributed by atoms with Crippen LogP contribution in [0.5, 0.6) is 11.5 Å². The van der Waals surface area contributed by atoms with Gasteiger partial charge in [-0.25, -0.2) is 4.79 Å². The lowest BCUT2D eigenvalue weighted by molar-refractivity contribution is -0.142. The summed E-state index contributed by atoms with van der Waals surface area (Å²) >= 11 is 6.91. The highest BCUT2D eigenvalue weighted by atomic mass is 79.9. The highest BCUT2D eigenvalue weighted by molar-refractivity contribution is 9.10. The van der Waals surface area contributed by atoms with Gasteiger partial charge in [0, 0.05) is 20.6 Å². The van der Waals surface area contributed by atoms with E-state index in [1.165, 1.54) is 6.21 Å². The Labute approximate surface area is 196 Å². The van der Waals surface area contributed by atoms with Gasteiger partial charge in [0.15, 0.2) is 0 Å². The van der Waals surface area contributed by atoms with E-state index in [-0.39, 0.29) is 0 Å². The maximum Gasteiger partial charge on any atom is 0.344 e. The van der Waals surface area contributed by atoms with Crippen LogP contribution in [0.3, 0.4) is 0 Å². The fourth-order valence-electron chi connectivity index (χ4n) is 2.61. The van der Waals surface area contributed by atoms with Crippen LogP contribution in [0.25, 0.3) is 0 Å². The molecule has 0 aromatic heterocycles. The average molecular weight is 549 g/mol. The van der Waals surface area contributed by atoms with Gasteiger partial charge in [-0.1, -0.05) is 61.3 Å². The second-order valence-electron chi connectivity index (χ2n) is 6.48. The first-order chi connectivity index (χ1) is 15.0. The Balaban J connectivity index is 1.74. The topological polar surface area (TPSA) is 77.4 Å². The highest BCUT2D eigenvalue weighted by Crippen LogP contribution is 2.25. The first kappa shape index (κ1) is 22.8. The Kier molecular flexibility index (Phi) is 8.49. The Hall–Kier alpha value is -2.84. The minimum Gasteiger partial charge on any atom is -0.489 e. The number of carboxylic acids is 1. The second kappa shape index (κ2) is 11.5. The SMILES string of the molecule is O=C(O)CO/N=C/c1cc(OCc2cccc(Br)c2)cc(OCc2cccc(Br)c2)c1. The third kappa shape index (κ3) is 8.07. The molecule has 0 aliphatic carbocycles. The molecular formula is C23H19Br2NO5. The standard InChI is InChI=1S/C23H19Br2NO5/c24-19-5-1-3-16(7-19)13-29-21-9-18(12-26-31-15-23(27)28)10-22(11-21)30-14-17-4-2-6-20(25)8-17/h1-12H,13-15H2,(H,27,28)/b26-12+. The van der Waals surface area contributed by atoms with Crippen molar-refractivity contribution in [3.8, 4) is 11.5 Å². The van der Waals surface area contributed by atoms with Crippen molar-refractivity contribution < 1.29 is 24.2 Å². The highest BCUT2D eigenvalue weighted by Gasteiger charge is 2.05. The zero-order valence-corrected chi connectivity index (χ0v) is 19.5. The molecule has 0 atom stereocenters. The summed E-state index contributed by atoms with van der Waals surface area (Å²) in [7, 11) is 0. The summed E-state index contributed by atoms with van der Waals surface area (Å²) in [5.41, 5.74) is 2.67. The predicted molar refractivity (Wildman–Crippen MR) is 125 cm³/mol. The number of carboxylic acid groups (broad SMARTS) is 1. The summed E-state index contributed by atoms with van der Waals surface area (Å²) < 4.78 is 13.8. The molecule has 0 saturated heterocycles. The van der Waals surface area contributed by atoms with Crippen LogP contribution in [0.1, 0.15) is 16.7 Å². The van der Waals surface area contributed by atoms with Crippen molar-refractivity contribution in [2.75, 3.05) is 6.61 Å². The summed E-state index contributed by atoms with van der Waals surface area (Å²) in [6.45, 7) is 0.239. The van der Waals surface area contributed by atoms with Crippen LogP contribution in [-0.2, 0) is 22.8 Å². The molecule has 0 amide bonds. The monoisotopic (exact) mass is 547 g/mol. The number of rotatable bonds is 10. The lowest BCUT2D eigenvalue weighted by Crippen LogP contribution is -2.03. The Morgan fingerprint density at radius 3 is 1.90 bits per heavy atom. The van der Waals surface area contributed by atoms with Gasteiger partial charge in [-0.3, -0.25) is 0 Å². The summed E-state index contributed by atoms with van der Waals surface area (Å²) in [5, 5.41) is 12.3. The maximum absolute atomic E-state index is 10.6. The van der Waals surface area contributed by atoms with E-state index in [0.29, 0.717) is 30.3 Å². The number of aliphatic carboxylic acids is 1. The van der Waals surface area contributed by atoms with Gasteiger partial charge in [-0.15, -0.1) is 0 Å². The molecule has 0 heterocycles. The Morgan fingerprint density at radius 1 is 0.871 bits per heavy atom. The third-order valence-corrected chi connectivity index (χ3v) is 4.94. The number of carbonyl (C=O) groups is 1. The summed E-state index contributed by atoms with van der Waals surface area (Å²) in [4.78, 5) is 15.3. The summed E-state index contributed by atoms with van der Waals surface area (Å²) in [6.07, 6.45) is 1.42. The summed E-state index contributed by atoms with van der Waals surface area (Å²) in [5.74, 6) is 0.0825. The van der Waals surface area contributed by atoms with Crippen molar-refractivity contribution in [2.45, 2.75) is 13.2 Å². The van der Waals surface area contributed by atoms with Gasteiger partial charge < -0.3 is 19.4 Å². The number of halogens is 2. The fourth-order valence-corrected chi connectivity index (χ4v) is 3.51. The predicted octanol–water partition coefficient (Wildman–Crippen LogP) is 5.80. The van der Waals surface area contributed by atoms with Crippen LogP contribution in [-0.4, -0.2) is 23.9 Å². The van der Waals surface area contributed by atoms with Gasteiger partial charge in [0.25, 0.3) is 0 Å². The van der Waals surface area contributed by atoms with Crippen molar-refractivity contribution in [1.82, 2.24) is 0 Å². The molecule has 160 valence electrons. The van der Waals surface area contributed by atoms with Gasteiger partial charge in [0.1, 0.15) is 24.7 Å². The molecule has 0 spiro atoms. The van der Waals surface area contributed by atoms with Crippen LogP contribution in [0.2, 0.25) is 0 Å². The quantitative estimate of drug-likeness (QED) is 0.256. The molecule has 3 rings (SSSR count). The molecule has 0 aliphatic rings. The van der Waals surface area contributed by atoms with E-state index < -0.39 is 12.6 Å². The molecule has 0 unspecified atom stereocenters. The van der Waals surface area contributed by atoms with Gasteiger partial charge in [-0.2, -0.15) is 0 Å². The molecule has 3 aromatic rings. The first-order valence-electron chi connectivity index (χ1n) is 9.24. The number of hydrogen-bond donors (Lipinski definition) is 1. The van der Waals surface area contributed by atoms with Crippen molar-refractivity contribution in [1.29, 1.82) is 0 Å². The third-order valence-electron chi connectivity index (χ3n) is 3.96. The smallest absolute Gasteiger partial charge is 0.344 e. The van der Waals surface area contributed by atoms with Crippen LogP contribution in [0, 0.1) is 0 Å². The largest absolute Gasteiger partial charge is 0.489 e. The van der Waals surface area contributed by atoms with E-state index in [1.54, 1.807) is 18.2 Å². The molecule has 0 fully saturated rings. The molecule has 6 nitrogen and oxygen atoms in total. The number of hydrogen-bond acceptors (Lipinski definition) is 5. The van der Waals surface area contributed by atoms with Crippen molar-refractivity contribution in [2.24, 2.45) is 5.16 Å². The zero-order valence-electron chi connectivity index (χ0n) is 16.3. The minimum absolute atomic E-state index is 0.376. The van der Waals surface area contributed by atoms with E-state index in [1.807, 2.05) is 48.5 Å². The molecular weight excluding hydrogens is 530 g/mol. The molecule has 0 radical (unpaired) electrons. The molecule has 8 heteroatoms. The minimum atomic E-state index is -1.10. The Bertz CT molecular complexity index is 1000. The van der Waals surface area contributed by atoms with Gasteiger partial charge >= 0.3 is 5.97 Å². The second-order valence-corrected chi connectivity index (χ2v) is 8.31. The molecule has 0 saturated carbocycles. The lowest BCUT2D eigenvalue weighted by atomic mass is 10.2. The van der Waals surface area contributed by atoms with E-state index >= 15 is 0 Å². The van der Waals surface area contributed by atoms with Crippen molar-refractivity contribution >= 4 is 44.0 Å². The fraction of sp³-hybridized carbons (Fsp3) is 0.130. The van der Waals surface area contributed by atoms with E-state index in [4.69, 9.17) is 19.4 Å². The Morgan fingerprint density at radius 2 is 1.42 bits per heavy atom. The number of oxime groups is 1. The van der Waals surface area contributed by atoms with E-state index in [2.05, 4.69) is 37.0 Å². The summed E-state index contributed by atoms with van der Waals surface area (Å²) in [6, 6.07) is 21.0. The van der Waals surface area contributed by atoms with Gasteiger partial charge in [0.05, 0.1) is 6.21 Å². The normalized spacial score (nSPS) is 10.8. The van der Waals surface area contributed by atoms with Crippen LogP contribution in [0.15, 0.2) is 80.8 Å². The zero-order chi connectivity index (χ0) is 22.1. The van der Waals surface area contributed by atoms with Crippen LogP contribution < -0.4 is 9.47 Å². The average Bonchev–Trinajstić information content (AvgIpc) is 2.74. The number of ether oxygens (including phenoxy) is 2. The number of benzene rings is 3. The molecule has 3 aromatic carbocycles. The lowest BCUT2D eigenvalue weighted by Gasteiger charge is -2.12. The maximum atomic E-state index is 10.6. The van der Waals surface area contributed by atoms with Crippen molar-refractivity contribution in [3.63, 3.8) is 0 Å².